The molecule has 132 valence electrons. The van der Waals surface area contributed by atoms with Crippen LogP contribution in [0.15, 0.2) is 35.2 Å². The van der Waals surface area contributed by atoms with Crippen molar-refractivity contribution in [3.63, 3.8) is 0 Å². The smallest absolute Gasteiger partial charge is 0.262 e. The van der Waals surface area contributed by atoms with Crippen molar-refractivity contribution in [1.29, 1.82) is 0 Å². The first-order valence-corrected chi connectivity index (χ1v) is 9.04. The molecule has 2 N–H and O–H groups in total. The number of carbonyl (C=O) groups excluding carboxylic acids is 1. The van der Waals surface area contributed by atoms with Gasteiger partial charge >= 0.3 is 0 Å². The molecular weight excluding hydrogens is 344 g/mol. The van der Waals surface area contributed by atoms with E-state index in [9.17, 15) is 13.2 Å². The van der Waals surface area contributed by atoms with Crippen molar-refractivity contribution in [2.24, 2.45) is 0 Å². The molecule has 1 aliphatic heterocycles. The summed E-state index contributed by atoms with van der Waals surface area (Å²) in [5.41, 5.74) is 1.98. The van der Waals surface area contributed by atoms with Gasteiger partial charge in [-0.1, -0.05) is 6.07 Å². The zero-order chi connectivity index (χ0) is 18.2. The number of methoxy groups -OCH3 is 1. The highest BCUT2D eigenvalue weighted by atomic mass is 32.2. The van der Waals surface area contributed by atoms with Crippen molar-refractivity contribution in [1.82, 2.24) is 0 Å². The van der Waals surface area contributed by atoms with E-state index in [-0.39, 0.29) is 23.1 Å². The van der Waals surface area contributed by atoms with Crippen LogP contribution in [0.2, 0.25) is 0 Å². The van der Waals surface area contributed by atoms with E-state index in [4.69, 9.17) is 9.47 Å². The number of hydrogen-bond donors (Lipinski definition) is 2. The molecule has 1 heterocycles. The molecule has 1 amide bonds. The Kier molecular flexibility index (Phi) is 4.30. The van der Waals surface area contributed by atoms with E-state index in [2.05, 4.69) is 10.0 Å². The number of nitrogens with one attached hydrogen (secondary N) is 2. The number of amides is 1. The molecule has 0 aliphatic carbocycles. The summed E-state index contributed by atoms with van der Waals surface area (Å²) in [7, 11) is -2.30. The van der Waals surface area contributed by atoms with Crippen LogP contribution in [0.1, 0.15) is 11.1 Å². The Labute approximate surface area is 146 Å². The Hall–Kier alpha value is -2.74. The van der Waals surface area contributed by atoms with Crippen LogP contribution in [-0.2, 0) is 14.8 Å². The minimum atomic E-state index is -3.84. The average Bonchev–Trinajstić information content (AvgIpc) is 2.56. The van der Waals surface area contributed by atoms with Crippen LogP contribution in [0, 0.1) is 13.8 Å². The van der Waals surface area contributed by atoms with Gasteiger partial charge in [0.2, 0.25) is 0 Å². The fourth-order valence-electron chi connectivity index (χ4n) is 2.67. The maximum absolute atomic E-state index is 12.8. The third-order valence-electron chi connectivity index (χ3n) is 3.86. The van der Waals surface area contributed by atoms with Crippen LogP contribution < -0.4 is 19.5 Å². The van der Waals surface area contributed by atoms with Gasteiger partial charge in [-0.3, -0.25) is 9.52 Å². The molecule has 3 rings (SSSR count). The maximum atomic E-state index is 12.8. The van der Waals surface area contributed by atoms with Crippen LogP contribution in [-0.4, -0.2) is 28.0 Å². The van der Waals surface area contributed by atoms with Crippen LogP contribution >= 0.6 is 0 Å². The molecule has 0 radical (unpaired) electrons. The van der Waals surface area contributed by atoms with Crippen molar-refractivity contribution >= 4 is 27.3 Å². The molecule has 2 aromatic carbocycles. The molecule has 0 saturated heterocycles. The predicted molar refractivity (Wildman–Crippen MR) is 93.8 cm³/mol. The van der Waals surface area contributed by atoms with E-state index >= 15 is 0 Å². The first kappa shape index (κ1) is 17.1. The summed E-state index contributed by atoms with van der Waals surface area (Å²) in [6, 6.07) is 8.11. The van der Waals surface area contributed by atoms with E-state index in [1.165, 1.54) is 7.11 Å². The number of sulfonamides is 1. The minimum Gasteiger partial charge on any atom is -0.496 e. The SMILES string of the molecule is COc1cc(C)c(S(=O)(=O)Nc2cccc3c2OCC(=O)N3)cc1C. The molecule has 25 heavy (non-hydrogen) atoms. The van der Waals surface area contributed by atoms with Crippen molar-refractivity contribution < 1.29 is 22.7 Å². The molecule has 0 bridgehead atoms. The number of hydrogen-bond acceptors (Lipinski definition) is 5. The van der Waals surface area contributed by atoms with Crippen LogP contribution in [0.25, 0.3) is 0 Å². The van der Waals surface area contributed by atoms with E-state index < -0.39 is 10.0 Å². The molecule has 0 spiro atoms. The highest BCUT2D eigenvalue weighted by molar-refractivity contribution is 7.92. The molecule has 0 saturated carbocycles. The van der Waals surface area contributed by atoms with Crippen LogP contribution in [0.5, 0.6) is 11.5 Å². The summed E-state index contributed by atoms with van der Waals surface area (Å²) in [5, 5.41) is 2.65. The lowest BCUT2D eigenvalue weighted by atomic mass is 10.1. The van der Waals surface area contributed by atoms with Crippen molar-refractivity contribution in [3.05, 3.63) is 41.5 Å². The van der Waals surface area contributed by atoms with Gasteiger partial charge in [0, 0.05) is 0 Å². The average molecular weight is 362 g/mol. The van der Waals surface area contributed by atoms with Gasteiger partial charge in [0.05, 0.1) is 23.4 Å². The lowest BCUT2D eigenvalue weighted by Crippen LogP contribution is -2.26. The lowest BCUT2D eigenvalue weighted by molar-refractivity contribution is -0.118. The van der Waals surface area contributed by atoms with E-state index in [1.54, 1.807) is 44.2 Å². The third kappa shape index (κ3) is 3.25. The van der Waals surface area contributed by atoms with Crippen LogP contribution in [0.3, 0.4) is 0 Å². The molecule has 2 aromatic rings. The maximum Gasteiger partial charge on any atom is 0.262 e. The molecule has 0 atom stereocenters. The second kappa shape index (κ2) is 6.29. The van der Waals surface area contributed by atoms with Gasteiger partial charge in [0.15, 0.2) is 12.4 Å². The van der Waals surface area contributed by atoms with Gasteiger partial charge in [0.1, 0.15) is 5.75 Å². The quantitative estimate of drug-likeness (QED) is 0.871. The topological polar surface area (TPSA) is 93.7 Å². The summed E-state index contributed by atoms with van der Waals surface area (Å²) in [4.78, 5) is 11.6. The summed E-state index contributed by atoms with van der Waals surface area (Å²) in [6.07, 6.45) is 0. The number of anilines is 2. The molecule has 1 aliphatic rings. The fraction of sp³-hybridized carbons (Fsp3) is 0.235. The zero-order valence-electron chi connectivity index (χ0n) is 14.0. The van der Waals surface area contributed by atoms with Gasteiger partial charge in [-0.15, -0.1) is 0 Å². The number of rotatable bonds is 4. The molecule has 8 heteroatoms. The van der Waals surface area contributed by atoms with E-state index in [1.807, 2.05) is 0 Å². The van der Waals surface area contributed by atoms with E-state index in [0.717, 1.165) is 0 Å². The Morgan fingerprint density at radius 1 is 1.20 bits per heavy atom. The third-order valence-corrected chi connectivity index (χ3v) is 5.37. The molecule has 0 aromatic heterocycles. The number of para-hydroxylation sites is 1. The normalized spacial score (nSPS) is 13.5. The zero-order valence-corrected chi connectivity index (χ0v) is 14.9. The largest absolute Gasteiger partial charge is 0.496 e. The van der Waals surface area contributed by atoms with Gasteiger partial charge in [0.25, 0.3) is 15.9 Å². The summed E-state index contributed by atoms with van der Waals surface area (Å²) in [6.45, 7) is 3.32. The van der Waals surface area contributed by atoms with Gasteiger partial charge in [-0.05, 0) is 49.2 Å². The van der Waals surface area contributed by atoms with Crippen molar-refractivity contribution in [2.75, 3.05) is 23.8 Å². The molecular formula is C17H18N2O5S. The van der Waals surface area contributed by atoms with E-state index in [0.29, 0.717) is 28.3 Å². The number of carbonyl (C=O) groups is 1. The van der Waals surface area contributed by atoms with Crippen LogP contribution in [0.4, 0.5) is 11.4 Å². The first-order chi connectivity index (χ1) is 11.8. The molecule has 0 unspecified atom stereocenters. The number of fused-ring (bicyclic) bond motifs is 1. The molecule has 0 fully saturated rings. The van der Waals surface area contributed by atoms with Gasteiger partial charge in [-0.25, -0.2) is 8.42 Å². The second-order valence-electron chi connectivity index (χ2n) is 5.71. The standard InChI is InChI=1S/C17H18N2O5S/c1-10-8-15(11(2)7-14(10)23-3)25(21,22)19-13-6-4-5-12-17(13)24-9-16(20)18-12/h4-8,19H,9H2,1-3H3,(H,18,20). The second-order valence-corrected chi connectivity index (χ2v) is 7.36. The Bertz CT molecular complexity index is 954. The van der Waals surface area contributed by atoms with Gasteiger partial charge < -0.3 is 14.8 Å². The highest BCUT2D eigenvalue weighted by Gasteiger charge is 2.24. The Morgan fingerprint density at radius 3 is 2.68 bits per heavy atom. The number of ether oxygens (including phenoxy) is 2. The number of benzene rings is 2. The summed E-state index contributed by atoms with van der Waals surface area (Å²) in [5.74, 6) is 0.641. The van der Waals surface area contributed by atoms with Gasteiger partial charge in [-0.2, -0.15) is 0 Å². The Morgan fingerprint density at radius 2 is 1.96 bits per heavy atom. The number of aryl methyl sites for hydroxylation is 2. The summed E-state index contributed by atoms with van der Waals surface area (Å²) < 4.78 is 38.8. The highest BCUT2D eigenvalue weighted by Crippen LogP contribution is 2.37. The Balaban J connectivity index is 2.00. The fourth-order valence-corrected chi connectivity index (χ4v) is 4.04. The molecule has 7 nitrogen and oxygen atoms in total. The first-order valence-electron chi connectivity index (χ1n) is 7.55. The monoisotopic (exact) mass is 362 g/mol. The van der Waals surface area contributed by atoms with Crippen molar-refractivity contribution in [2.45, 2.75) is 18.7 Å². The summed E-state index contributed by atoms with van der Waals surface area (Å²) >= 11 is 0. The lowest BCUT2D eigenvalue weighted by Gasteiger charge is -2.21. The minimum absolute atomic E-state index is 0.156. The predicted octanol–water partition coefficient (Wildman–Crippen LogP) is 2.44. The van der Waals surface area contributed by atoms with Crippen molar-refractivity contribution in [3.8, 4) is 11.5 Å².